The molecule has 0 aliphatic heterocycles. The van der Waals surface area contributed by atoms with Gasteiger partial charge < -0.3 is 10.1 Å². The van der Waals surface area contributed by atoms with Gasteiger partial charge in [-0.2, -0.15) is 0 Å². The molecule has 0 radical (unpaired) electrons. The quantitative estimate of drug-likeness (QED) is 0.771. The highest BCUT2D eigenvalue weighted by Crippen LogP contribution is 1.98. The Hall–Kier alpha value is -2.44. The normalized spacial score (nSPS) is 9.84. The summed E-state index contributed by atoms with van der Waals surface area (Å²) in [5.74, 6) is -1.37. The van der Waals surface area contributed by atoms with Crippen molar-refractivity contribution in [2.75, 3.05) is 6.61 Å². The van der Waals surface area contributed by atoms with E-state index in [1.807, 2.05) is 5.32 Å². The van der Waals surface area contributed by atoms with Crippen molar-refractivity contribution in [3.8, 4) is 0 Å². The summed E-state index contributed by atoms with van der Waals surface area (Å²) in [4.78, 5) is 37.7. The van der Waals surface area contributed by atoms with E-state index in [1.165, 1.54) is 18.5 Å². The van der Waals surface area contributed by atoms with Gasteiger partial charge in [0, 0.05) is 18.4 Å². The number of hydrogen-bond acceptors (Lipinski definition) is 5. The van der Waals surface area contributed by atoms with E-state index in [9.17, 15) is 14.4 Å². The molecule has 7 nitrogen and oxygen atoms in total. The van der Waals surface area contributed by atoms with Crippen LogP contribution >= 0.6 is 0 Å². The minimum atomic E-state index is -0.699. The first-order chi connectivity index (χ1) is 8.99. The molecule has 1 heterocycles. The Morgan fingerprint density at radius 1 is 1.37 bits per heavy atom. The molecule has 0 spiro atoms. The maximum Gasteiger partial charge on any atom is 0.340 e. The van der Waals surface area contributed by atoms with Crippen LogP contribution in [0.4, 0.5) is 4.79 Å². The molecule has 2 N–H and O–H groups in total. The molecule has 3 amide bonds. The lowest BCUT2D eigenvalue weighted by Gasteiger charge is -2.09. The zero-order valence-corrected chi connectivity index (χ0v) is 10.7. The number of hydrogen-bond donors (Lipinski definition) is 2. The van der Waals surface area contributed by atoms with Crippen molar-refractivity contribution in [2.45, 2.75) is 19.9 Å². The van der Waals surface area contributed by atoms with Crippen LogP contribution in [0.15, 0.2) is 24.5 Å². The molecule has 0 bridgehead atoms. The summed E-state index contributed by atoms with van der Waals surface area (Å²) < 4.78 is 4.72. The van der Waals surface area contributed by atoms with Gasteiger partial charge in [0.25, 0.3) is 5.91 Å². The number of carbonyl (C=O) groups excluding carboxylic acids is 3. The lowest BCUT2D eigenvalue weighted by molar-refractivity contribution is -0.123. The Bertz CT molecular complexity index is 459. The number of esters is 1. The van der Waals surface area contributed by atoms with Gasteiger partial charge in [-0.25, -0.2) is 9.59 Å². The maximum atomic E-state index is 11.5. The molecule has 19 heavy (non-hydrogen) atoms. The number of ether oxygens (including phenoxy) is 1. The van der Waals surface area contributed by atoms with Gasteiger partial charge in [-0.15, -0.1) is 0 Å². The second-order valence-electron chi connectivity index (χ2n) is 3.99. The number of urea groups is 1. The molecular formula is C12H15N3O4. The molecular weight excluding hydrogens is 250 g/mol. The zero-order valence-electron chi connectivity index (χ0n) is 10.7. The number of aromatic nitrogens is 1. The van der Waals surface area contributed by atoms with Gasteiger partial charge >= 0.3 is 12.0 Å². The Balaban J connectivity index is 2.35. The van der Waals surface area contributed by atoms with Gasteiger partial charge in [-0.05, 0) is 26.0 Å². The summed E-state index contributed by atoms with van der Waals surface area (Å²) in [6, 6.07) is 2.37. The van der Waals surface area contributed by atoms with Gasteiger partial charge in [0.15, 0.2) is 6.61 Å². The van der Waals surface area contributed by atoms with Crippen molar-refractivity contribution in [3.63, 3.8) is 0 Å². The monoisotopic (exact) mass is 265 g/mol. The molecule has 1 rings (SSSR count). The topological polar surface area (TPSA) is 97.4 Å². The van der Waals surface area contributed by atoms with E-state index in [0.717, 1.165) is 0 Å². The fraction of sp³-hybridized carbons (Fsp3) is 0.333. The van der Waals surface area contributed by atoms with Crippen molar-refractivity contribution < 1.29 is 19.1 Å². The molecule has 0 saturated heterocycles. The van der Waals surface area contributed by atoms with Crippen molar-refractivity contribution >= 4 is 17.9 Å². The van der Waals surface area contributed by atoms with Gasteiger partial charge in [0.2, 0.25) is 0 Å². The van der Waals surface area contributed by atoms with Crippen molar-refractivity contribution in [1.82, 2.24) is 15.6 Å². The van der Waals surface area contributed by atoms with Crippen LogP contribution < -0.4 is 10.6 Å². The molecule has 0 saturated carbocycles. The molecule has 7 heteroatoms. The summed E-state index contributed by atoms with van der Waals surface area (Å²) >= 11 is 0. The van der Waals surface area contributed by atoms with E-state index in [4.69, 9.17) is 4.74 Å². The number of rotatable bonds is 4. The van der Waals surface area contributed by atoms with Crippen LogP contribution in [-0.2, 0) is 9.53 Å². The third kappa shape index (κ3) is 5.62. The summed E-state index contributed by atoms with van der Waals surface area (Å²) in [5.41, 5.74) is 0.238. The SMILES string of the molecule is CC(C)NC(=O)NC(=O)COC(=O)c1cccnc1. The Morgan fingerprint density at radius 2 is 2.11 bits per heavy atom. The molecule has 0 atom stereocenters. The van der Waals surface area contributed by atoms with E-state index in [-0.39, 0.29) is 11.6 Å². The van der Waals surface area contributed by atoms with Crippen LogP contribution in [-0.4, -0.2) is 35.5 Å². The molecule has 0 aliphatic rings. The zero-order chi connectivity index (χ0) is 14.3. The van der Waals surface area contributed by atoms with Crippen LogP contribution in [0.1, 0.15) is 24.2 Å². The minimum absolute atomic E-state index is 0.0919. The van der Waals surface area contributed by atoms with E-state index < -0.39 is 24.5 Å². The average molecular weight is 265 g/mol. The standard InChI is InChI=1S/C12H15N3O4/c1-8(2)14-12(18)15-10(16)7-19-11(17)9-4-3-5-13-6-9/h3-6,8H,7H2,1-2H3,(H2,14,15,16,18). The predicted molar refractivity (Wildman–Crippen MR) is 66.3 cm³/mol. The fourth-order valence-corrected chi connectivity index (χ4v) is 1.16. The Morgan fingerprint density at radius 3 is 2.68 bits per heavy atom. The van der Waals surface area contributed by atoms with Crippen LogP contribution in [0.2, 0.25) is 0 Å². The second kappa shape index (κ2) is 7.10. The van der Waals surface area contributed by atoms with E-state index in [1.54, 1.807) is 19.9 Å². The van der Waals surface area contributed by atoms with Crippen molar-refractivity contribution in [3.05, 3.63) is 30.1 Å². The number of imide groups is 1. The second-order valence-corrected chi connectivity index (χ2v) is 3.99. The molecule has 0 unspecified atom stereocenters. The third-order valence-electron chi connectivity index (χ3n) is 1.90. The number of nitrogens with one attached hydrogen (secondary N) is 2. The first-order valence-electron chi connectivity index (χ1n) is 5.66. The number of pyridine rings is 1. The summed E-state index contributed by atoms with van der Waals surface area (Å²) in [6.45, 7) is 2.98. The lowest BCUT2D eigenvalue weighted by Crippen LogP contribution is -2.44. The first-order valence-corrected chi connectivity index (χ1v) is 5.66. The maximum absolute atomic E-state index is 11.5. The summed E-state index contributed by atoms with van der Waals surface area (Å²) in [5, 5.41) is 4.51. The summed E-state index contributed by atoms with van der Waals surface area (Å²) in [7, 11) is 0. The molecule has 1 aromatic rings. The highest BCUT2D eigenvalue weighted by Gasteiger charge is 2.12. The van der Waals surface area contributed by atoms with E-state index in [2.05, 4.69) is 10.3 Å². The average Bonchev–Trinajstić information content (AvgIpc) is 2.36. The molecule has 102 valence electrons. The number of carbonyl (C=O) groups is 3. The van der Waals surface area contributed by atoms with Crippen molar-refractivity contribution in [2.24, 2.45) is 0 Å². The van der Waals surface area contributed by atoms with Crippen molar-refractivity contribution in [1.29, 1.82) is 0 Å². The largest absolute Gasteiger partial charge is 0.452 e. The minimum Gasteiger partial charge on any atom is -0.452 e. The van der Waals surface area contributed by atoms with Gasteiger partial charge in [0.05, 0.1) is 5.56 Å². The van der Waals surface area contributed by atoms with E-state index in [0.29, 0.717) is 0 Å². The van der Waals surface area contributed by atoms with Crippen LogP contribution in [0.25, 0.3) is 0 Å². The highest BCUT2D eigenvalue weighted by molar-refractivity contribution is 5.96. The van der Waals surface area contributed by atoms with Crippen LogP contribution in [0.3, 0.4) is 0 Å². The van der Waals surface area contributed by atoms with Gasteiger partial charge in [-0.3, -0.25) is 15.1 Å². The third-order valence-corrected chi connectivity index (χ3v) is 1.90. The summed E-state index contributed by atoms with van der Waals surface area (Å²) in [6.07, 6.45) is 2.84. The molecule has 1 aromatic heterocycles. The predicted octanol–water partition coefficient (Wildman–Crippen LogP) is 0.473. The van der Waals surface area contributed by atoms with Crippen LogP contribution in [0, 0.1) is 0 Å². The van der Waals surface area contributed by atoms with Gasteiger partial charge in [0.1, 0.15) is 0 Å². The number of nitrogens with zero attached hydrogens (tertiary/aromatic N) is 1. The lowest BCUT2D eigenvalue weighted by atomic mass is 10.3. The smallest absolute Gasteiger partial charge is 0.340 e. The van der Waals surface area contributed by atoms with Gasteiger partial charge in [-0.1, -0.05) is 0 Å². The Labute approximate surface area is 110 Å². The highest BCUT2D eigenvalue weighted by atomic mass is 16.5. The molecule has 0 aliphatic carbocycles. The number of amides is 3. The Kier molecular flexibility index (Phi) is 5.46. The fourth-order valence-electron chi connectivity index (χ4n) is 1.16. The van der Waals surface area contributed by atoms with E-state index >= 15 is 0 Å². The first kappa shape index (κ1) is 14.6. The van der Waals surface area contributed by atoms with Crippen LogP contribution in [0.5, 0.6) is 0 Å². The molecule has 0 fully saturated rings. The molecule has 0 aromatic carbocycles.